The van der Waals surface area contributed by atoms with Crippen molar-refractivity contribution in [2.45, 2.75) is 63.9 Å². The molecule has 1 heterocycles. The van der Waals surface area contributed by atoms with E-state index in [0.29, 0.717) is 38.0 Å². The fourth-order valence-corrected chi connectivity index (χ4v) is 6.17. The van der Waals surface area contributed by atoms with E-state index in [0.717, 1.165) is 17.8 Å². The van der Waals surface area contributed by atoms with E-state index in [4.69, 9.17) is 4.74 Å². The second kappa shape index (κ2) is 6.14. The Labute approximate surface area is 145 Å². The molecule has 1 amide bonds. The van der Waals surface area contributed by atoms with Crippen LogP contribution in [0.25, 0.3) is 0 Å². The molecule has 4 aliphatic carbocycles. The first-order chi connectivity index (χ1) is 11.5. The summed E-state index contributed by atoms with van der Waals surface area (Å²) in [7, 11) is 0. The molecule has 0 aromatic rings. The minimum Gasteiger partial charge on any atom is -0.388 e. The Morgan fingerprint density at radius 3 is 2.21 bits per heavy atom. The van der Waals surface area contributed by atoms with E-state index >= 15 is 0 Å². The molecular weight excluding hydrogens is 302 g/mol. The van der Waals surface area contributed by atoms with Gasteiger partial charge in [-0.1, -0.05) is 5.57 Å². The predicted octanol–water partition coefficient (Wildman–Crippen LogP) is 2.81. The summed E-state index contributed by atoms with van der Waals surface area (Å²) >= 11 is 0. The zero-order valence-electron chi connectivity index (χ0n) is 14.9. The lowest BCUT2D eigenvalue weighted by Crippen LogP contribution is -2.47. The van der Waals surface area contributed by atoms with Crippen LogP contribution >= 0.6 is 0 Å². The molecule has 0 radical (unpaired) electrons. The molecule has 0 unspecified atom stereocenters. The lowest BCUT2D eigenvalue weighted by molar-refractivity contribution is -0.119. The highest BCUT2D eigenvalue weighted by Crippen LogP contribution is 2.62. The lowest BCUT2D eigenvalue weighted by atomic mass is 9.48. The number of hydrogen-bond acceptors (Lipinski definition) is 3. The van der Waals surface area contributed by atoms with Crippen LogP contribution in [0.2, 0.25) is 0 Å². The summed E-state index contributed by atoms with van der Waals surface area (Å²) in [6.45, 7) is 3.65. The molecule has 0 atom stereocenters. The smallest absolute Gasteiger partial charge is 0.244 e. The van der Waals surface area contributed by atoms with Crippen molar-refractivity contribution in [1.29, 1.82) is 0 Å². The van der Waals surface area contributed by atoms with Crippen molar-refractivity contribution in [2.24, 2.45) is 23.2 Å². The van der Waals surface area contributed by atoms with Crippen LogP contribution in [0.15, 0.2) is 11.6 Å². The molecular formula is C20H31NO3. The van der Waals surface area contributed by atoms with Gasteiger partial charge >= 0.3 is 0 Å². The van der Waals surface area contributed by atoms with Crippen LogP contribution in [0.3, 0.4) is 0 Å². The van der Waals surface area contributed by atoms with Crippen LogP contribution < -0.4 is 5.32 Å². The van der Waals surface area contributed by atoms with Crippen LogP contribution in [-0.4, -0.2) is 36.4 Å². The highest BCUT2D eigenvalue weighted by atomic mass is 16.5. The van der Waals surface area contributed by atoms with Crippen LogP contribution in [0.5, 0.6) is 0 Å². The van der Waals surface area contributed by atoms with Gasteiger partial charge in [-0.05, 0) is 68.6 Å². The van der Waals surface area contributed by atoms with Crippen molar-refractivity contribution in [3.05, 3.63) is 11.6 Å². The molecule has 0 aromatic heterocycles. The largest absolute Gasteiger partial charge is 0.388 e. The van der Waals surface area contributed by atoms with Crippen molar-refractivity contribution in [3.63, 3.8) is 0 Å². The van der Waals surface area contributed by atoms with E-state index in [1.807, 2.05) is 6.08 Å². The Hall–Kier alpha value is -0.870. The molecule has 5 fully saturated rings. The third-order valence-electron chi connectivity index (χ3n) is 7.24. The molecule has 134 valence electrons. The fourth-order valence-electron chi connectivity index (χ4n) is 6.17. The fraction of sp³-hybridized carbons (Fsp3) is 0.850. The standard InChI is InChI=1S/C20H31NO3/c1-14(6-18(22)21-13-20(23)2-4-24-5-3-20)19-10-15-7-16(11-19)9-17(8-15)12-19/h6,15-17,23H,2-5,7-13H2,1H3,(H,21,22). The molecule has 1 aliphatic heterocycles. The monoisotopic (exact) mass is 333 g/mol. The number of nitrogens with one attached hydrogen (secondary N) is 1. The number of ether oxygens (including phenoxy) is 1. The molecule has 4 saturated carbocycles. The number of amides is 1. The van der Waals surface area contributed by atoms with Gasteiger partial charge in [0.2, 0.25) is 5.91 Å². The second-order valence-electron chi connectivity index (χ2n) is 9.08. The summed E-state index contributed by atoms with van der Waals surface area (Å²) in [4.78, 5) is 12.4. The van der Waals surface area contributed by atoms with Crippen LogP contribution in [0.4, 0.5) is 0 Å². The van der Waals surface area contributed by atoms with Crippen molar-refractivity contribution in [1.82, 2.24) is 5.32 Å². The highest BCUT2D eigenvalue weighted by molar-refractivity contribution is 5.88. The van der Waals surface area contributed by atoms with Crippen LogP contribution in [0.1, 0.15) is 58.3 Å². The molecule has 0 aromatic carbocycles. The summed E-state index contributed by atoms with van der Waals surface area (Å²) in [6.07, 6.45) is 11.2. The molecule has 1 saturated heterocycles. The van der Waals surface area contributed by atoms with Gasteiger partial charge < -0.3 is 15.2 Å². The van der Waals surface area contributed by atoms with Crippen molar-refractivity contribution in [3.8, 4) is 0 Å². The number of carbonyl (C=O) groups excluding carboxylic acids is 1. The summed E-state index contributed by atoms with van der Waals surface area (Å²) in [5.41, 5.74) is 0.774. The molecule has 5 rings (SSSR count). The summed E-state index contributed by atoms with van der Waals surface area (Å²) in [5, 5.41) is 13.4. The molecule has 2 N–H and O–H groups in total. The molecule has 4 nitrogen and oxygen atoms in total. The maximum absolute atomic E-state index is 12.4. The zero-order valence-corrected chi connectivity index (χ0v) is 14.9. The SMILES string of the molecule is CC(=CC(=O)NCC1(O)CCOCC1)C12CC3CC(CC(C3)C1)C2. The van der Waals surface area contributed by atoms with Gasteiger partial charge in [0.05, 0.1) is 5.60 Å². The van der Waals surface area contributed by atoms with E-state index in [2.05, 4.69) is 12.2 Å². The first-order valence-corrected chi connectivity index (χ1v) is 9.73. The molecule has 4 bridgehead atoms. The minimum atomic E-state index is -0.795. The normalized spacial score (nSPS) is 40.6. The van der Waals surface area contributed by atoms with Crippen molar-refractivity contribution in [2.75, 3.05) is 19.8 Å². The Morgan fingerprint density at radius 1 is 1.12 bits per heavy atom. The Kier molecular flexibility index (Phi) is 4.24. The topological polar surface area (TPSA) is 58.6 Å². The maximum atomic E-state index is 12.4. The van der Waals surface area contributed by atoms with E-state index in [1.54, 1.807) is 0 Å². The van der Waals surface area contributed by atoms with Crippen LogP contribution in [0, 0.1) is 23.2 Å². The molecule has 24 heavy (non-hydrogen) atoms. The first kappa shape index (κ1) is 16.6. The summed E-state index contributed by atoms with van der Waals surface area (Å²) < 4.78 is 5.29. The van der Waals surface area contributed by atoms with Gasteiger partial charge in [0.25, 0.3) is 0 Å². The third-order valence-corrected chi connectivity index (χ3v) is 7.24. The van der Waals surface area contributed by atoms with Crippen molar-refractivity contribution >= 4 is 5.91 Å². The van der Waals surface area contributed by atoms with Gasteiger partial charge in [-0.25, -0.2) is 0 Å². The van der Waals surface area contributed by atoms with E-state index in [1.165, 1.54) is 44.1 Å². The number of allylic oxidation sites excluding steroid dienone is 1. The van der Waals surface area contributed by atoms with Gasteiger partial charge in [0.1, 0.15) is 0 Å². The van der Waals surface area contributed by atoms with Gasteiger partial charge in [0.15, 0.2) is 0 Å². The van der Waals surface area contributed by atoms with E-state index < -0.39 is 5.60 Å². The minimum absolute atomic E-state index is 0.0387. The molecule has 5 aliphatic rings. The Bertz CT molecular complexity index is 498. The Balaban J connectivity index is 1.38. The van der Waals surface area contributed by atoms with E-state index in [-0.39, 0.29) is 5.91 Å². The molecule has 0 spiro atoms. The number of hydrogen-bond donors (Lipinski definition) is 2. The zero-order chi connectivity index (χ0) is 16.8. The maximum Gasteiger partial charge on any atom is 0.244 e. The average molecular weight is 333 g/mol. The van der Waals surface area contributed by atoms with Crippen molar-refractivity contribution < 1.29 is 14.6 Å². The summed E-state index contributed by atoms with van der Waals surface area (Å²) in [5.74, 6) is 2.64. The van der Waals surface area contributed by atoms with Crippen LogP contribution in [-0.2, 0) is 9.53 Å². The Morgan fingerprint density at radius 2 is 1.67 bits per heavy atom. The molecule has 4 heteroatoms. The van der Waals surface area contributed by atoms with Gasteiger partial charge in [0, 0.05) is 38.7 Å². The predicted molar refractivity (Wildman–Crippen MR) is 92.4 cm³/mol. The number of carbonyl (C=O) groups is 1. The number of rotatable bonds is 4. The number of aliphatic hydroxyl groups is 1. The summed E-state index contributed by atoms with van der Waals surface area (Å²) in [6, 6.07) is 0. The van der Waals surface area contributed by atoms with Gasteiger partial charge in [-0.15, -0.1) is 0 Å². The second-order valence-corrected chi connectivity index (χ2v) is 9.08. The highest BCUT2D eigenvalue weighted by Gasteiger charge is 2.51. The third kappa shape index (κ3) is 3.15. The first-order valence-electron chi connectivity index (χ1n) is 9.73. The quantitative estimate of drug-likeness (QED) is 0.778. The average Bonchev–Trinajstić information content (AvgIpc) is 2.52. The van der Waals surface area contributed by atoms with Gasteiger partial charge in [-0.2, -0.15) is 0 Å². The van der Waals surface area contributed by atoms with E-state index in [9.17, 15) is 9.90 Å². The van der Waals surface area contributed by atoms with Gasteiger partial charge in [-0.3, -0.25) is 4.79 Å². The lowest BCUT2D eigenvalue weighted by Gasteiger charge is -2.57.